The van der Waals surface area contributed by atoms with E-state index in [4.69, 9.17) is 9.84 Å². The Bertz CT molecular complexity index is 431. The van der Waals surface area contributed by atoms with E-state index in [1.54, 1.807) is 19.2 Å². The van der Waals surface area contributed by atoms with Crippen LogP contribution in [0.5, 0.6) is 0 Å². The Hall–Kier alpha value is -1.55. The SMILES string of the molecule is COCCCCN1CCc2ccc(C(=O)O)cc21. The van der Waals surface area contributed by atoms with Gasteiger partial charge in [0.15, 0.2) is 0 Å². The van der Waals surface area contributed by atoms with Gasteiger partial charge in [0.2, 0.25) is 0 Å². The van der Waals surface area contributed by atoms with Crippen molar-refractivity contribution in [2.45, 2.75) is 19.3 Å². The number of carbonyl (C=O) groups is 1. The lowest BCUT2D eigenvalue weighted by Crippen LogP contribution is -2.22. The standard InChI is InChI=1S/C14H19NO3/c1-18-9-3-2-7-15-8-6-11-4-5-12(14(16)17)10-13(11)15/h4-5,10H,2-3,6-9H2,1H3,(H,16,17). The second kappa shape index (κ2) is 5.87. The van der Waals surface area contributed by atoms with E-state index in [0.29, 0.717) is 5.56 Å². The first-order chi connectivity index (χ1) is 8.72. The summed E-state index contributed by atoms with van der Waals surface area (Å²) in [5, 5.41) is 9.01. The van der Waals surface area contributed by atoms with Gasteiger partial charge in [-0.2, -0.15) is 0 Å². The molecule has 0 fully saturated rings. The van der Waals surface area contributed by atoms with Crippen molar-refractivity contribution in [3.8, 4) is 0 Å². The van der Waals surface area contributed by atoms with Crippen LogP contribution < -0.4 is 4.90 Å². The largest absolute Gasteiger partial charge is 0.478 e. The summed E-state index contributed by atoms with van der Waals surface area (Å²) in [6.07, 6.45) is 3.13. The zero-order chi connectivity index (χ0) is 13.0. The summed E-state index contributed by atoms with van der Waals surface area (Å²) in [6, 6.07) is 5.42. The van der Waals surface area contributed by atoms with Gasteiger partial charge in [-0.25, -0.2) is 4.79 Å². The maximum atomic E-state index is 11.0. The lowest BCUT2D eigenvalue weighted by Gasteiger charge is -2.19. The van der Waals surface area contributed by atoms with Gasteiger partial charge < -0.3 is 14.7 Å². The summed E-state index contributed by atoms with van der Waals surface area (Å²) in [6.45, 7) is 2.75. The number of rotatable bonds is 6. The van der Waals surface area contributed by atoms with Crippen LogP contribution in [-0.4, -0.2) is 37.9 Å². The van der Waals surface area contributed by atoms with Crippen LogP contribution in [0.25, 0.3) is 0 Å². The number of anilines is 1. The smallest absolute Gasteiger partial charge is 0.335 e. The van der Waals surface area contributed by atoms with Crippen molar-refractivity contribution in [1.82, 2.24) is 0 Å². The first-order valence-corrected chi connectivity index (χ1v) is 6.32. The maximum absolute atomic E-state index is 11.0. The first-order valence-electron chi connectivity index (χ1n) is 6.32. The summed E-state index contributed by atoms with van der Waals surface area (Å²) >= 11 is 0. The second-order valence-corrected chi connectivity index (χ2v) is 4.59. The summed E-state index contributed by atoms with van der Waals surface area (Å²) < 4.78 is 5.03. The van der Waals surface area contributed by atoms with Crippen molar-refractivity contribution in [2.24, 2.45) is 0 Å². The second-order valence-electron chi connectivity index (χ2n) is 4.59. The molecule has 1 aliphatic rings. The van der Waals surface area contributed by atoms with Gasteiger partial charge in [0.1, 0.15) is 0 Å². The van der Waals surface area contributed by atoms with Crippen LogP contribution in [0, 0.1) is 0 Å². The summed E-state index contributed by atoms with van der Waals surface area (Å²) in [4.78, 5) is 13.2. The quantitative estimate of drug-likeness (QED) is 0.785. The molecule has 18 heavy (non-hydrogen) atoms. The Kier molecular flexibility index (Phi) is 4.20. The van der Waals surface area contributed by atoms with Gasteiger partial charge in [-0.3, -0.25) is 0 Å². The van der Waals surface area contributed by atoms with Gasteiger partial charge in [-0.05, 0) is 37.0 Å². The maximum Gasteiger partial charge on any atom is 0.335 e. The van der Waals surface area contributed by atoms with E-state index in [-0.39, 0.29) is 0 Å². The molecule has 2 rings (SSSR count). The Morgan fingerprint density at radius 1 is 1.44 bits per heavy atom. The normalized spacial score (nSPS) is 13.7. The van der Waals surface area contributed by atoms with Crippen molar-refractivity contribution < 1.29 is 14.6 Å². The number of methoxy groups -OCH3 is 1. The molecular formula is C14H19NO3. The highest BCUT2D eigenvalue weighted by Gasteiger charge is 2.19. The van der Waals surface area contributed by atoms with Gasteiger partial charge in [0.05, 0.1) is 5.56 Å². The molecule has 1 aliphatic heterocycles. The highest BCUT2D eigenvalue weighted by molar-refractivity contribution is 5.89. The molecule has 1 aromatic carbocycles. The molecule has 4 heteroatoms. The molecule has 0 aliphatic carbocycles. The number of ether oxygens (including phenoxy) is 1. The molecule has 0 amide bonds. The number of benzene rings is 1. The molecule has 0 radical (unpaired) electrons. The number of carboxylic acid groups (broad SMARTS) is 1. The lowest BCUT2D eigenvalue weighted by atomic mass is 10.1. The van der Waals surface area contributed by atoms with E-state index in [0.717, 1.165) is 44.6 Å². The van der Waals surface area contributed by atoms with Crippen molar-refractivity contribution in [2.75, 3.05) is 31.7 Å². The van der Waals surface area contributed by atoms with Crippen molar-refractivity contribution in [3.05, 3.63) is 29.3 Å². The van der Waals surface area contributed by atoms with Crippen LogP contribution in [0.2, 0.25) is 0 Å². The first kappa shape index (κ1) is 12.9. The predicted molar refractivity (Wildman–Crippen MR) is 70.4 cm³/mol. The van der Waals surface area contributed by atoms with Crippen LogP contribution in [0.15, 0.2) is 18.2 Å². The van der Waals surface area contributed by atoms with Crippen LogP contribution >= 0.6 is 0 Å². The summed E-state index contributed by atoms with van der Waals surface area (Å²) in [5.41, 5.74) is 2.72. The number of nitrogens with zero attached hydrogens (tertiary/aromatic N) is 1. The number of unbranched alkanes of at least 4 members (excludes halogenated alkanes) is 1. The fraction of sp³-hybridized carbons (Fsp3) is 0.500. The molecular weight excluding hydrogens is 230 g/mol. The van der Waals surface area contributed by atoms with Crippen LogP contribution in [0.3, 0.4) is 0 Å². The molecule has 0 unspecified atom stereocenters. The minimum absolute atomic E-state index is 0.373. The number of hydrogen-bond acceptors (Lipinski definition) is 3. The van der Waals surface area contributed by atoms with Crippen LogP contribution in [0.1, 0.15) is 28.8 Å². The Morgan fingerprint density at radius 3 is 3.00 bits per heavy atom. The molecule has 0 bridgehead atoms. The molecule has 0 atom stereocenters. The molecule has 1 aromatic rings. The summed E-state index contributed by atoms with van der Waals surface area (Å²) in [5.74, 6) is -0.857. The number of fused-ring (bicyclic) bond motifs is 1. The van der Waals surface area contributed by atoms with Gasteiger partial charge in [0.25, 0.3) is 0 Å². The third-order valence-corrected chi connectivity index (χ3v) is 3.35. The summed E-state index contributed by atoms with van der Waals surface area (Å²) in [7, 11) is 1.71. The predicted octanol–water partition coefficient (Wildman–Crippen LogP) is 2.17. The molecule has 98 valence electrons. The topological polar surface area (TPSA) is 49.8 Å². The molecule has 0 spiro atoms. The van der Waals surface area contributed by atoms with E-state index >= 15 is 0 Å². The molecule has 1 N–H and O–H groups in total. The van der Waals surface area contributed by atoms with E-state index in [2.05, 4.69) is 4.90 Å². The van der Waals surface area contributed by atoms with Crippen molar-refractivity contribution in [3.63, 3.8) is 0 Å². The third kappa shape index (κ3) is 2.82. The van der Waals surface area contributed by atoms with Crippen LogP contribution in [0.4, 0.5) is 5.69 Å². The fourth-order valence-corrected chi connectivity index (χ4v) is 2.36. The van der Waals surface area contributed by atoms with E-state index in [9.17, 15) is 4.79 Å². The van der Waals surface area contributed by atoms with Gasteiger partial charge in [0, 0.05) is 32.5 Å². The number of carboxylic acids is 1. The van der Waals surface area contributed by atoms with Gasteiger partial charge in [-0.1, -0.05) is 6.07 Å². The molecule has 4 nitrogen and oxygen atoms in total. The van der Waals surface area contributed by atoms with E-state index in [1.165, 1.54) is 5.56 Å². The number of hydrogen-bond donors (Lipinski definition) is 1. The zero-order valence-corrected chi connectivity index (χ0v) is 10.7. The molecule has 0 saturated heterocycles. The molecule has 0 aromatic heterocycles. The highest BCUT2D eigenvalue weighted by Crippen LogP contribution is 2.29. The molecule has 1 heterocycles. The molecule has 0 saturated carbocycles. The van der Waals surface area contributed by atoms with E-state index in [1.807, 2.05) is 6.07 Å². The zero-order valence-electron chi connectivity index (χ0n) is 10.7. The van der Waals surface area contributed by atoms with Gasteiger partial charge >= 0.3 is 5.97 Å². The lowest BCUT2D eigenvalue weighted by molar-refractivity contribution is 0.0697. The minimum Gasteiger partial charge on any atom is -0.478 e. The Morgan fingerprint density at radius 2 is 2.28 bits per heavy atom. The third-order valence-electron chi connectivity index (χ3n) is 3.35. The van der Waals surface area contributed by atoms with Crippen molar-refractivity contribution in [1.29, 1.82) is 0 Å². The Labute approximate surface area is 107 Å². The van der Waals surface area contributed by atoms with Crippen LogP contribution in [-0.2, 0) is 11.2 Å². The number of aromatic carboxylic acids is 1. The highest BCUT2D eigenvalue weighted by atomic mass is 16.5. The average Bonchev–Trinajstić information content (AvgIpc) is 2.77. The Balaban J connectivity index is 2.02. The fourth-order valence-electron chi connectivity index (χ4n) is 2.36. The van der Waals surface area contributed by atoms with Crippen molar-refractivity contribution >= 4 is 11.7 Å². The minimum atomic E-state index is -0.857. The average molecular weight is 249 g/mol. The van der Waals surface area contributed by atoms with Gasteiger partial charge in [-0.15, -0.1) is 0 Å². The monoisotopic (exact) mass is 249 g/mol. The van der Waals surface area contributed by atoms with E-state index < -0.39 is 5.97 Å².